The van der Waals surface area contributed by atoms with Crippen LogP contribution in [0.5, 0.6) is 0 Å². The van der Waals surface area contributed by atoms with Crippen molar-refractivity contribution in [3.8, 4) is 0 Å². The van der Waals surface area contributed by atoms with E-state index in [-0.39, 0.29) is 18.1 Å². The molecule has 0 spiro atoms. The van der Waals surface area contributed by atoms with Crippen LogP contribution in [0.3, 0.4) is 0 Å². The van der Waals surface area contributed by atoms with Gasteiger partial charge in [-0.15, -0.1) is 0 Å². The summed E-state index contributed by atoms with van der Waals surface area (Å²) in [4.78, 5) is 11.7. The molecule has 2 atom stereocenters. The van der Waals surface area contributed by atoms with Crippen LogP contribution in [0.2, 0.25) is 0 Å². The topological polar surface area (TPSA) is 38.3 Å². The maximum Gasteiger partial charge on any atom is 0.323 e. The van der Waals surface area contributed by atoms with Crippen molar-refractivity contribution in [3.05, 3.63) is 35.4 Å². The highest BCUT2D eigenvalue weighted by Crippen LogP contribution is 2.26. The van der Waals surface area contributed by atoms with Crippen LogP contribution in [0.4, 0.5) is 0 Å². The van der Waals surface area contributed by atoms with E-state index in [9.17, 15) is 4.79 Å². The molecule has 0 amide bonds. The third kappa shape index (κ3) is 3.10. The summed E-state index contributed by atoms with van der Waals surface area (Å²) in [5.74, 6) is -0.116. The fourth-order valence-electron chi connectivity index (χ4n) is 2.43. The molecule has 0 radical (unpaired) electrons. The van der Waals surface area contributed by atoms with Gasteiger partial charge in [-0.25, -0.2) is 0 Å². The predicted molar refractivity (Wildman–Crippen MR) is 71.3 cm³/mol. The number of carbonyl (C=O) groups is 1. The summed E-state index contributed by atoms with van der Waals surface area (Å²) < 4.78 is 5.08. The van der Waals surface area contributed by atoms with Gasteiger partial charge in [-0.3, -0.25) is 10.1 Å². The highest BCUT2D eigenvalue weighted by atomic mass is 16.5. The maximum atomic E-state index is 11.7. The van der Waals surface area contributed by atoms with Gasteiger partial charge in [-0.1, -0.05) is 29.8 Å². The van der Waals surface area contributed by atoms with Gasteiger partial charge in [0, 0.05) is 6.04 Å². The monoisotopic (exact) mass is 247 g/mol. The van der Waals surface area contributed by atoms with E-state index in [1.54, 1.807) is 0 Å². The number of carbonyl (C=O) groups excluding carboxylic acids is 1. The van der Waals surface area contributed by atoms with Gasteiger partial charge in [-0.05, 0) is 38.7 Å². The predicted octanol–water partition coefficient (Wildman–Crippen LogP) is 2.74. The Labute approximate surface area is 109 Å². The number of benzene rings is 1. The van der Waals surface area contributed by atoms with Crippen LogP contribution >= 0.6 is 0 Å². The van der Waals surface area contributed by atoms with Crippen LogP contribution in [0.1, 0.15) is 43.4 Å². The molecule has 3 heteroatoms. The molecular weight excluding hydrogens is 226 g/mol. The summed E-state index contributed by atoms with van der Waals surface area (Å²) in [5, 5.41) is 3.40. The van der Waals surface area contributed by atoms with Gasteiger partial charge in [0.25, 0.3) is 0 Å². The molecule has 1 heterocycles. The largest absolute Gasteiger partial charge is 0.465 e. The number of hydrogen-bond acceptors (Lipinski definition) is 3. The molecule has 1 aliphatic rings. The van der Waals surface area contributed by atoms with Gasteiger partial charge >= 0.3 is 5.97 Å². The summed E-state index contributed by atoms with van der Waals surface area (Å²) in [6.45, 7) is 4.38. The standard InChI is InChI=1S/C15H21NO2/c1-3-18-15(17)14-6-4-5-13(16-14)12-9-7-11(2)8-10-12/h7-10,13-14,16H,3-6H2,1-2H3. The molecule has 1 fully saturated rings. The average molecular weight is 247 g/mol. The molecule has 0 bridgehead atoms. The van der Waals surface area contributed by atoms with Crippen molar-refractivity contribution >= 4 is 5.97 Å². The smallest absolute Gasteiger partial charge is 0.323 e. The molecule has 18 heavy (non-hydrogen) atoms. The first-order chi connectivity index (χ1) is 8.70. The molecule has 0 aliphatic carbocycles. The Morgan fingerprint density at radius 3 is 2.72 bits per heavy atom. The molecule has 1 aromatic rings. The first-order valence-electron chi connectivity index (χ1n) is 6.70. The Balaban J connectivity index is 2.02. The number of rotatable bonds is 3. The Bertz CT molecular complexity index is 399. The first-order valence-corrected chi connectivity index (χ1v) is 6.70. The molecule has 2 rings (SSSR count). The van der Waals surface area contributed by atoms with Crippen molar-refractivity contribution in [1.29, 1.82) is 0 Å². The quantitative estimate of drug-likeness (QED) is 0.835. The zero-order valence-corrected chi connectivity index (χ0v) is 11.1. The highest BCUT2D eigenvalue weighted by Gasteiger charge is 2.27. The van der Waals surface area contributed by atoms with Crippen LogP contribution in [-0.4, -0.2) is 18.6 Å². The minimum Gasteiger partial charge on any atom is -0.465 e. The molecule has 1 aromatic carbocycles. The van der Waals surface area contributed by atoms with Crippen molar-refractivity contribution in [3.63, 3.8) is 0 Å². The molecule has 1 saturated heterocycles. The fourth-order valence-corrected chi connectivity index (χ4v) is 2.43. The van der Waals surface area contributed by atoms with E-state index in [0.717, 1.165) is 19.3 Å². The molecular formula is C15H21NO2. The van der Waals surface area contributed by atoms with E-state index in [0.29, 0.717) is 6.61 Å². The van der Waals surface area contributed by atoms with Gasteiger partial charge < -0.3 is 4.74 Å². The highest BCUT2D eigenvalue weighted by molar-refractivity contribution is 5.75. The SMILES string of the molecule is CCOC(=O)C1CCCC(c2ccc(C)cc2)N1. The Kier molecular flexibility index (Phi) is 4.37. The molecule has 3 nitrogen and oxygen atoms in total. The third-order valence-electron chi connectivity index (χ3n) is 3.44. The molecule has 98 valence electrons. The number of ether oxygens (including phenoxy) is 1. The normalized spacial score (nSPS) is 23.7. The Hall–Kier alpha value is -1.35. The Morgan fingerprint density at radius 2 is 2.06 bits per heavy atom. The summed E-state index contributed by atoms with van der Waals surface area (Å²) in [6.07, 6.45) is 3.02. The number of nitrogens with one attached hydrogen (secondary N) is 1. The van der Waals surface area contributed by atoms with Crippen molar-refractivity contribution < 1.29 is 9.53 Å². The third-order valence-corrected chi connectivity index (χ3v) is 3.44. The van der Waals surface area contributed by atoms with Gasteiger partial charge in [0.2, 0.25) is 0 Å². The lowest BCUT2D eigenvalue weighted by Crippen LogP contribution is -2.43. The second kappa shape index (κ2) is 6.01. The molecule has 2 unspecified atom stereocenters. The van der Waals surface area contributed by atoms with Crippen molar-refractivity contribution in [2.45, 2.75) is 45.2 Å². The number of esters is 1. The lowest BCUT2D eigenvalue weighted by molar-refractivity contribution is -0.146. The molecule has 0 aromatic heterocycles. The van der Waals surface area contributed by atoms with Gasteiger partial charge in [0.1, 0.15) is 6.04 Å². The van der Waals surface area contributed by atoms with E-state index < -0.39 is 0 Å². The van der Waals surface area contributed by atoms with Crippen molar-refractivity contribution in [1.82, 2.24) is 5.32 Å². The van der Waals surface area contributed by atoms with Gasteiger partial charge in [0.05, 0.1) is 6.61 Å². The summed E-state index contributed by atoms with van der Waals surface area (Å²) >= 11 is 0. The lowest BCUT2D eigenvalue weighted by atomic mass is 9.93. The molecule has 1 aliphatic heterocycles. The zero-order chi connectivity index (χ0) is 13.0. The minimum absolute atomic E-state index is 0.116. The number of piperidine rings is 1. The average Bonchev–Trinajstić information content (AvgIpc) is 2.40. The van der Waals surface area contributed by atoms with Crippen LogP contribution in [0, 0.1) is 6.92 Å². The number of aryl methyl sites for hydroxylation is 1. The zero-order valence-electron chi connectivity index (χ0n) is 11.1. The number of hydrogen-bond donors (Lipinski definition) is 1. The van der Waals surface area contributed by atoms with E-state index >= 15 is 0 Å². The van der Waals surface area contributed by atoms with Crippen LogP contribution < -0.4 is 5.32 Å². The molecule has 1 N–H and O–H groups in total. The van der Waals surface area contributed by atoms with Crippen LogP contribution in [-0.2, 0) is 9.53 Å². The van der Waals surface area contributed by atoms with E-state index in [2.05, 4.69) is 36.5 Å². The van der Waals surface area contributed by atoms with Crippen LogP contribution in [0.25, 0.3) is 0 Å². The van der Waals surface area contributed by atoms with E-state index in [1.165, 1.54) is 11.1 Å². The first kappa shape index (κ1) is 13.1. The van der Waals surface area contributed by atoms with Crippen molar-refractivity contribution in [2.75, 3.05) is 6.61 Å². The maximum absolute atomic E-state index is 11.7. The second-order valence-corrected chi connectivity index (χ2v) is 4.87. The molecule has 0 saturated carbocycles. The summed E-state index contributed by atoms with van der Waals surface area (Å²) in [7, 11) is 0. The second-order valence-electron chi connectivity index (χ2n) is 4.87. The Morgan fingerprint density at radius 1 is 1.33 bits per heavy atom. The van der Waals surface area contributed by atoms with Gasteiger partial charge in [0.15, 0.2) is 0 Å². The summed E-state index contributed by atoms with van der Waals surface area (Å²) in [5.41, 5.74) is 2.52. The fraction of sp³-hybridized carbons (Fsp3) is 0.533. The van der Waals surface area contributed by atoms with E-state index in [1.807, 2.05) is 6.92 Å². The minimum atomic E-state index is -0.148. The van der Waals surface area contributed by atoms with Crippen LogP contribution in [0.15, 0.2) is 24.3 Å². The van der Waals surface area contributed by atoms with Gasteiger partial charge in [-0.2, -0.15) is 0 Å². The summed E-state index contributed by atoms with van der Waals surface area (Å²) in [6, 6.07) is 8.63. The van der Waals surface area contributed by atoms with E-state index in [4.69, 9.17) is 4.74 Å². The lowest BCUT2D eigenvalue weighted by Gasteiger charge is -2.30. The van der Waals surface area contributed by atoms with Crippen molar-refractivity contribution in [2.24, 2.45) is 0 Å².